The Morgan fingerprint density at radius 1 is 1.37 bits per heavy atom. The minimum Gasteiger partial charge on any atom is -0.482 e. The van der Waals surface area contributed by atoms with Gasteiger partial charge in [0.25, 0.3) is 11.9 Å². The minimum atomic E-state index is -4.57. The van der Waals surface area contributed by atoms with Gasteiger partial charge in [0.1, 0.15) is 5.82 Å². The normalized spacial score (nSPS) is 18.9. The van der Waals surface area contributed by atoms with Crippen LogP contribution >= 0.6 is 0 Å². The summed E-state index contributed by atoms with van der Waals surface area (Å²) in [4.78, 5) is 20.5. The number of amidine groups is 1. The highest BCUT2D eigenvalue weighted by Gasteiger charge is 2.33. The smallest absolute Gasteiger partial charge is 0.422 e. The monoisotopic (exact) mass is 426 g/mol. The molecule has 0 aliphatic carbocycles. The standard InChI is InChI=1S/C19H18F4N4O3/c1-18(6-8-29-17(24)27-18)12-9-11(4-5-13(12)20)26-16(28)15-14(3-2-7-25-15)30-10-19(21,22)23/h2-5,7,9H,6,8,10H2,1H3,(H2,24,27)(H,26,28). The first-order valence-electron chi connectivity index (χ1n) is 8.81. The summed E-state index contributed by atoms with van der Waals surface area (Å²) in [7, 11) is 0. The van der Waals surface area contributed by atoms with E-state index in [0.29, 0.717) is 6.42 Å². The average Bonchev–Trinajstić information content (AvgIpc) is 2.67. The van der Waals surface area contributed by atoms with Crippen molar-refractivity contribution in [3.63, 3.8) is 0 Å². The molecule has 1 aromatic heterocycles. The fraction of sp³-hybridized carbons (Fsp3) is 0.316. The van der Waals surface area contributed by atoms with E-state index in [9.17, 15) is 22.4 Å². The Balaban J connectivity index is 1.84. The number of nitrogens with two attached hydrogens (primary N) is 1. The quantitative estimate of drug-likeness (QED) is 0.715. The maximum atomic E-state index is 14.5. The lowest BCUT2D eigenvalue weighted by Gasteiger charge is -2.30. The molecule has 2 aromatic rings. The average molecular weight is 426 g/mol. The van der Waals surface area contributed by atoms with Crippen molar-refractivity contribution in [1.82, 2.24) is 4.98 Å². The number of aliphatic imine (C=N–C) groups is 1. The van der Waals surface area contributed by atoms with Crippen molar-refractivity contribution in [3.05, 3.63) is 53.6 Å². The number of halogens is 4. The Labute approximate surface area is 168 Å². The molecule has 3 rings (SSSR count). The van der Waals surface area contributed by atoms with Crippen molar-refractivity contribution in [2.24, 2.45) is 10.7 Å². The molecule has 0 saturated heterocycles. The van der Waals surface area contributed by atoms with Crippen molar-refractivity contribution < 1.29 is 31.8 Å². The number of nitrogens with zero attached hydrogens (tertiary/aromatic N) is 2. The van der Waals surface area contributed by atoms with E-state index >= 15 is 0 Å². The van der Waals surface area contributed by atoms with Crippen molar-refractivity contribution in [2.45, 2.75) is 25.1 Å². The Bertz CT molecular complexity index is 980. The van der Waals surface area contributed by atoms with Crippen LogP contribution in [0.5, 0.6) is 5.75 Å². The summed E-state index contributed by atoms with van der Waals surface area (Å²) >= 11 is 0. The number of alkyl halides is 3. The Kier molecular flexibility index (Phi) is 5.81. The molecule has 7 nitrogen and oxygen atoms in total. The van der Waals surface area contributed by atoms with Crippen LogP contribution in [0.15, 0.2) is 41.5 Å². The molecule has 1 aliphatic rings. The first-order valence-corrected chi connectivity index (χ1v) is 8.81. The van der Waals surface area contributed by atoms with Crippen LogP contribution in [0.1, 0.15) is 29.4 Å². The predicted molar refractivity (Wildman–Crippen MR) is 99.7 cm³/mol. The zero-order chi connectivity index (χ0) is 21.9. The Morgan fingerprint density at radius 2 is 2.13 bits per heavy atom. The second-order valence-electron chi connectivity index (χ2n) is 6.73. The predicted octanol–water partition coefficient (Wildman–Crippen LogP) is 3.36. The minimum absolute atomic E-state index is 0.0717. The van der Waals surface area contributed by atoms with Crippen LogP contribution in [0.3, 0.4) is 0 Å². The van der Waals surface area contributed by atoms with Crippen LogP contribution in [0.2, 0.25) is 0 Å². The van der Waals surface area contributed by atoms with E-state index in [-0.39, 0.29) is 35.3 Å². The highest BCUT2D eigenvalue weighted by atomic mass is 19.4. The van der Waals surface area contributed by atoms with Gasteiger partial charge < -0.3 is 20.5 Å². The highest BCUT2D eigenvalue weighted by Crippen LogP contribution is 2.35. The molecule has 3 N–H and O–H groups in total. The number of aromatic nitrogens is 1. The SMILES string of the molecule is CC1(c2cc(NC(=O)c3ncccc3OCC(F)(F)F)ccc2F)CCOC(N)=N1. The molecule has 1 aromatic carbocycles. The van der Waals surface area contributed by atoms with Crippen molar-refractivity contribution >= 4 is 17.6 Å². The van der Waals surface area contributed by atoms with Crippen LogP contribution in [-0.2, 0) is 10.3 Å². The maximum Gasteiger partial charge on any atom is 0.422 e. The molecule has 30 heavy (non-hydrogen) atoms. The maximum absolute atomic E-state index is 14.5. The molecule has 160 valence electrons. The second-order valence-corrected chi connectivity index (χ2v) is 6.73. The number of carbonyl (C=O) groups excluding carboxylic acids is 1. The largest absolute Gasteiger partial charge is 0.482 e. The van der Waals surface area contributed by atoms with Crippen LogP contribution in [0.4, 0.5) is 23.2 Å². The van der Waals surface area contributed by atoms with Gasteiger partial charge >= 0.3 is 6.18 Å². The number of anilines is 1. The molecular formula is C19H18F4N4O3. The number of hydrogen-bond acceptors (Lipinski definition) is 6. The van der Waals surface area contributed by atoms with Crippen LogP contribution in [0.25, 0.3) is 0 Å². The van der Waals surface area contributed by atoms with Gasteiger partial charge in [0, 0.05) is 23.9 Å². The van der Waals surface area contributed by atoms with Gasteiger partial charge in [-0.2, -0.15) is 13.2 Å². The molecule has 0 radical (unpaired) electrons. The van der Waals surface area contributed by atoms with Crippen molar-refractivity contribution in [3.8, 4) is 5.75 Å². The molecule has 1 atom stereocenters. The summed E-state index contributed by atoms with van der Waals surface area (Å²) in [6, 6.07) is 6.31. The fourth-order valence-electron chi connectivity index (χ4n) is 2.92. The van der Waals surface area contributed by atoms with Gasteiger partial charge in [-0.1, -0.05) is 0 Å². The molecule has 1 aliphatic heterocycles. The molecule has 0 saturated carbocycles. The first kappa shape index (κ1) is 21.3. The van der Waals surface area contributed by atoms with Crippen LogP contribution in [-0.4, -0.2) is 36.3 Å². The third kappa shape index (κ3) is 4.97. The van der Waals surface area contributed by atoms with E-state index in [2.05, 4.69) is 20.0 Å². The number of rotatable bonds is 5. The van der Waals surface area contributed by atoms with E-state index in [1.807, 2.05) is 0 Å². The Morgan fingerprint density at radius 3 is 2.83 bits per heavy atom. The number of carbonyl (C=O) groups is 1. The van der Waals surface area contributed by atoms with Crippen LogP contribution in [0, 0.1) is 5.82 Å². The van der Waals surface area contributed by atoms with E-state index in [1.165, 1.54) is 30.5 Å². The molecular weight excluding hydrogens is 408 g/mol. The van der Waals surface area contributed by atoms with E-state index in [4.69, 9.17) is 10.5 Å². The summed E-state index contributed by atoms with van der Waals surface area (Å²) in [5, 5.41) is 2.49. The highest BCUT2D eigenvalue weighted by molar-refractivity contribution is 6.04. The molecule has 0 bridgehead atoms. The molecule has 0 fully saturated rings. The first-order chi connectivity index (χ1) is 14.1. The van der Waals surface area contributed by atoms with Crippen molar-refractivity contribution in [2.75, 3.05) is 18.5 Å². The molecule has 2 heterocycles. The van der Waals surface area contributed by atoms with Gasteiger partial charge in [0.2, 0.25) is 0 Å². The lowest BCUT2D eigenvalue weighted by atomic mass is 9.88. The number of hydrogen-bond donors (Lipinski definition) is 2. The van der Waals surface area contributed by atoms with Gasteiger partial charge in [-0.05, 0) is 37.3 Å². The number of ether oxygens (including phenoxy) is 2. The number of amides is 1. The van der Waals surface area contributed by atoms with Gasteiger partial charge in [-0.3, -0.25) is 4.79 Å². The summed E-state index contributed by atoms with van der Waals surface area (Å²) in [5.41, 5.74) is 4.64. The summed E-state index contributed by atoms with van der Waals surface area (Å²) in [5.74, 6) is -1.70. The van der Waals surface area contributed by atoms with Gasteiger partial charge in [0.05, 0.1) is 12.1 Å². The zero-order valence-electron chi connectivity index (χ0n) is 15.8. The summed E-state index contributed by atoms with van der Waals surface area (Å²) < 4.78 is 61.5. The van der Waals surface area contributed by atoms with Crippen LogP contribution < -0.4 is 15.8 Å². The molecule has 1 unspecified atom stereocenters. The molecule has 1 amide bonds. The topological polar surface area (TPSA) is 98.8 Å². The number of pyridine rings is 1. The number of nitrogens with one attached hydrogen (secondary N) is 1. The van der Waals surface area contributed by atoms with Crippen molar-refractivity contribution in [1.29, 1.82) is 0 Å². The van der Waals surface area contributed by atoms with E-state index in [0.717, 1.165) is 6.07 Å². The van der Waals surface area contributed by atoms with Gasteiger partial charge in [-0.25, -0.2) is 14.4 Å². The zero-order valence-corrected chi connectivity index (χ0v) is 15.8. The van der Waals surface area contributed by atoms with E-state index in [1.54, 1.807) is 6.92 Å². The van der Waals surface area contributed by atoms with Gasteiger partial charge in [-0.15, -0.1) is 0 Å². The third-order valence-electron chi connectivity index (χ3n) is 4.38. The van der Waals surface area contributed by atoms with Gasteiger partial charge in [0.15, 0.2) is 18.1 Å². The molecule has 11 heteroatoms. The van der Waals surface area contributed by atoms with E-state index < -0.39 is 30.0 Å². The lowest BCUT2D eigenvalue weighted by Crippen LogP contribution is -2.34. The lowest BCUT2D eigenvalue weighted by molar-refractivity contribution is -0.153. The third-order valence-corrected chi connectivity index (χ3v) is 4.38. The Hall–Kier alpha value is -3.37. The fourth-order valence-corrected chi connectivity index (χ4v) is 2.92. The summed E-state index contributed by atoms with van der Waals surface area (Å²) in [6.07, 6.45) is -2.97. The molecule has 0 spiro atoms. The number of benzene rings is 1. The second kappa shape index (κ2) is 8.17. The summed E-state index contributed by atoms with van der Waals surface area (Å²) in [6.45, 7) is 0.351.